The zero-order valence-corrected chi connectivity index (χ0v) is 20.2. The van der Waals surface area contributed by atoms with Gasteiger partial charge in [0.25, 0.3) is 15.6 Å². The molecule has 0 aliphatic rings. The highest BCUT2D eigenvalue weighted by Crippen LogP contribution is 2.26. The number of pyridine rings is 1. The van der Waals surface area contributed by atoms with Crippen LogP contribution in [0.4, 0.5) is 19.0 Å². The van der Waals surface area contributed by atoms with Gasteiger partial charge in [0.2, 0.25) is 0 Å². The first-order chi connectivity index (χ1) is 17.2. The molecule has 37 heavy (non-hydrogen) atoms. The SMILES string of the molecule is CN(c1ccccn1)S(=O)(=O)c1ccc(Cl)c(-n2c(=O)[nH]c3ccccc3c2=O)c1.O=C(O)C(F)(F)F. The number of H-pyrrole nitrogens is 1. The van der Waals surface area contributed by atoms with E-state index in [0.29, 0.717) is 5.52 Å². The van der Waals surface area contributed by atoms with E-state index in [1.807, 2.05) is 0 Å². The summed E-state index contributed by atoms with van der Waals surface area (Å²) in [5, 5.41) is 7.45. The number of benzene rings is 2. The van der Waals surface area contributed by atoms with Crippen LogP contribution < -0.4 is 15.6 Å². The van der Waals surface area contributed by atoms with Gasteiger partial charge in [0.05, 0.1) is 26.5 Å². The number of aromatic amines is 1. The molecule has 0 spiro atoms. The number of anilines is 1. The Balaban J connectivity index is 0.000000479. The number of sulfonamides is 1. The Bertz CT molecular complexity index is 1690. The number of halogens is 4. The van der Waals surface area contributed by atoms with Crippen LogP contribution in [0.3, 0.4) is 0 Å². The van der Waals surface area contributed by atoms with Gasteiger partial charge in [-0.2, -0.15) is 13.2 Å². The number of rotatable bonds is 4. The van der Waals surface area contributed by atoms with Gasteiger partial charge in [0.1, 0.15) is 5.82 Å². The molecule has 4 rings (SSSR count). The second-order valence-corrected chi connectivity index (χ2v) is 9.57. The van der Waals surface area contributed by atoms with Crippen LogP contribution in [-0.2, 0) is 14.8 Å². The lowest BCUT2D eigenvalue weighted by Crippen LogP contribution is -2.34. The lowest BCUT2D eigenvalue weighted by molar-refractivity contribution is -0.192. The molecule has 0 aliphatic heterocycles. The Morgan fingerprint density at radius 2 is 1.70 bits per heavy atom. The molecule has 2 heterocycles. The van der Waals surface area contributed by atoms with Crippen molar-refractivity contribution in [1.82, 2.24) is 14.5 Å². The first kappa shape index (κ1) is 27.4. The number of fused-ring (bicyclic) bond motifs is 1. The number of para-hydroxylation sites is 1. The molecular formula is C22H16ClF3N4O6S. The molecule has 0 radical (unpaired) electrons. The minimum atomic E-state index is -5.08. The summed E-state index contributed by atoms with van der Waals surface area (Å²) in [5.41, 5.74) is -1.00. The number of alkyl halides is 3. The second-order valence-electron chi connectivity index (χ2n) is 7.19. The summed E-state index contributed by atoms with van der Waals surface area (Å²) in [6.45, 7) is 0. The van der Waals surface area contributed by atoms with Gasteiger partial charge in [-0.25, -0.2) is 27.6 Å². The van der Waals surface area contributed by atoms with E-state index in [1.165, 1.54) is 31.4 Å². The third kappa shape index (κ3) is 5.81. The molecule has 4 aromatic rings. The van der Waals surface area contributed by atoms with Crippen LogP contribution in [0.1, 0.15) is 0 Å². The molecule has 0 amide bonds. The lowest BCUT2D eigenvalue weighted by Gasteiger charge is -2.19. The van der Waals surface area contributed by atoms with E-state index in [9.17, 15) is 31.2 Å². The Hall–Kier alpha value is -4.17. The molecule has 2 aromatic carbocycles. The van der Waals surface area contributed by atoms with Crippen LogP contribution in [0.5, 0.6) is 0 Å². The summed E-state index contributed by atoms with van der Waals surface area (Å²) in [6.07, 6.45) is -3.61. The van der Waals surface area contributed by atoms with Crippen molar-refractivity contribution in [3.05, 3.63) is 92.7 Å². The van der Waals surface area contributed by atoms with Gasteiger partial charge < -0.3 is 10.1 Å². The highest BCUT2D eigenvalue weighted by molar-refractivity contribution is 7.92. The quantitative estimate of drug-likeness (QED) is 0.393. The average molecular weight is 557 g/mol. The van der Waals surface area contributed by atoms with E-state index in [0.717, 1.165) is 8.87 Å². The summed E-state index contributed by atoms with van der Waals surface area (Å²) >= 11 is 6.24. The van der Waals surface area contributed by atoms with Crippen LogP contribution in [0.25, 0.3) is 16.6 Å². The summed E-state index contributed by atoms with van der Waals surface area (Å²) in [7, 11) is -2.66. The number of carboxylic acid groups (broad SMARTS) is 1. The Morgan fingerprint density at radius 1 is 1.08 bits per heavy atom. The summed E-state index contributed by atoms with van der Waals surface area (Å²) < 4.78 is 59.7. The number of aromatic nitrogens is 3. The van der Waals surface area contributed by atoms with Gasteiger partial charge in [-0.1, -0.05) is 29.8 Å². The predicted octanol–water partition coefficient (Wildman–Crippen LogP) is 3.19. The van der Waals surface area contributed by atoms with Gasteiger partial charge in [0, 0.05) is 13.2 Å². The molecule has 2 aromatic heterocycles. The monoisotopic (exact) mass is 556 g/mol. The molecule has 194 valence electrons. The van der Waals surface area contributed by atoms with Gasteiger partial charge in [0.15, 0.2) is 0 Å². The van der Waals surface area contributed by atoms with Crippen molar-refractivity contribution in [3.63, 3.8) is 0 Å². The van der Waals surface area contributed by atoms with Crippen molar-refractivity contribution in [2.24, 2.45) is 0 Å². The fourth-order valence-electron chi connectivity index (χ4n) is 3.03. The predicted molar refractivity (Wildman–Crippen MR) is 129 cm³/mol. The fourth-order valence-corrected chi connectivity index (χ4v) is 4.40. The molecule has 0 atom stereocenters. The van der Waals surface area contributed by atoms with Gasteiger partial charge >= 0.3 is 17.8 Å². The Labute approximate surface area is 211 Å². The zero-order valence-electron chi connectivity index (χ0n) is 18.6. The summed E-state index contributed by atoms with van der Waals surface area (Å²) in [5.74, 6) is -2.54. The average Bonchev–Trinajstić information content (AvgIpc) is 2.85. The fraction of sp³-hybridized carbons (Fsp3) is 0.0909. The van der Waals surface area contributed by atoms with E-state index in [2.05, 4.69) is 9.97 Å². The molecule has 0 aliphatic carbocycles. The molecule has 15 heteroatoms. The van der Waals surface area contributed by atoms with Crippen molar-refractivity contribution in [1.29, 1.82) is 0 Å². The minimum absolute atomic E-state index is 0.0378. The number of aliphatic carboxylic acids is 1. The normalized spacial score (nSPS) is 11.5. The lowest BCUT2D eigenvalue weighted by atomic mass is 10.2. The zero-order chi connectivity index (χ0) is 27.5. The second kappa shape index (κ2) is 10.4. The Morgan fingerprint density at radius 3 is 2.30 bits per heavy atom. The molecule has 0 fully saturated rings. The number of hydrogen-bond donors (Lipinski definition) is 2. The number of nitrogens with one attached hydrogen (secondary N) is 1. The molecule has 0 bridgehead atoms. The summed E-state index contributed by atoms with van der Waals surface area (Å²) in [6, 6.07) is 15.2. The third-order valence-electron chi connectivity index (χ3n) is 4.84. The highest BCUT2D eigenvalue weighted by atomic mass is 35.5. The van der Waals surface area contributed by atoms with E-state index in [4.69, 9.17) is 21.5 Å². The molecule has 2 N–H and O–H groups in total. The molecule has 0 saturated heterocycles. The van der Waals surface area contributed by atoms with E-state index >= 15 is 0 Å². The molecule has 10 nitrogen and oxygen atoms in total. The van der Waals surface area contributed by atoms with Crippen LogP contribution in [0.15, 0.2) is 81.3 Å². The van der Waals surface area contributed by atoms with Crippen molar-refractivity contribution in [2.45, 2.75) is 11.1 Å². The van der Waals surface area contributed by atoms with Crippen molar-refractivity contribution in [3.8, 4) is 5.69 Å². The number of carboxylic acids is 1. The number of carbonyl (C=O) groups is 1. The van der Waals surface area contributed by atoms with E-state index in [-0.39, 0.29) is 26.8 Å². The van der Waals surface area contributed by atoms with Crippen LogP contribution in [0, 0.1) is 0 Å². The van der Waals surface area contributed by atoms with Crippen LogP contribution in [0.2, 0.25) is 5.02 Å². The van der Waals surface area contributed by atoms with Crippen molar-refractivity contribution >= 4 is 44.3 Å². The van der Waals surface area contributed by atoms with E-state index < -0.39 is 33.4 Å². The standard InChI is InChI=1S/C20H15ClN4O4S.C2HF3O2/c1-24(18-8-4-5-11-22-18)30(28,29)13-9-10-15(21)17(12-13)25-19(26)14-6-2-3-7-16(14)23-20(25)27;3-2(4,5)1(6)7/h2-12H,1H3,(H,23,27);(H,6,7). The van der Waals surface area contributed by atoms with Crippen LogP contribution in [-0.4, -0.2) is 47.3 Å². The Kier molecular flexibility index (Phi) is 7.74. The third-order valence-corrected chi connectivity index (χ3v) is 6.91. The van der Waals surface area contributed by atoms with Gasteiger partial charge in [-0.05, 0) is 42.5 Å². The van der Waals surface area contributed by atoms with Gasteiger partial charge in [-0.3, -0.25) is 9.10 Å². The first-order valence-corrected chi connectivity index (χ1v) is 11.8. The maximum atomic E-state index is 13.1. The van der Waals surface area contributed by atoms with Crippen molar-refractivity contribution in [2.75, 3.05) is 11.4 Å². The first-order valence-electron chi connectivity index (χ1n) is 9.99. The van der Waals surface area contributed by atoms with Crippen LogP contribution >= 0.6 is 11.6 Å². The maximum absolute atomic E-state index is 13.1. The largest absolute Gasteiger partial charge is 0.490 e. The minimum Gasteiger partial charge on any atom is -0.475 e. The number of nitrogens with zero attached hydrogens (tertiary/aromatic N) is 3. The smallest absolute Gasteiger partial charge is 0.475 e. The summed E-state index contributed by atoms with van der Waals surface area (Å²) in [4.78, 5) is 40.9. The van der Waals surface area contributed by atoms with Gasteiger partial charge in [-0.15, -0.1) is 0 Å². The molecule has 0 unspecified atom stereocenters. The topological polar surface area (TPSA) is 142 Å². The number of hydrogen-bond acceptors (Lipinski definition) is 6. The maximum Gasteiger partial charge on any atom is 0.490 e. The molecular weight excluding hydrogens is 541 g/mol. The molecule has 0 saturated carbocycles. The van der Waals surface area contributed by atoms with Crippen molar-refractivity contribution < 1.29 is 31.5 Å². The highest BCUT2D eigenvalue weighted by Gasteiger charge is 2.38. The van der Waals surface area contributed by atoms with E-state index in [1.54, 1.807) is 42.5 Å².